The first-order valence-electron chi connectivity index (χ1n) is 9.17. The van der Waals surface area contributed by atoms with Gasteiger partial charge < -0.3 is 10.6 Å². The molecule has 0 bridgehead atoms. The topological polar surface area (TPSA) is 54.2 Å². The first-order valence-corrected chi connectivity index (χ1v) is 9.17. The highest BCUT2D eigenvalue weighted by molar-refractivity contribution is 5.79. The van der Waals surface area contributed by atoms with Crippen LogP contribution in [0.4, 0.5) is 0 Å². The molecule has 23 heavy (non-hydrogen) atoms. The van der Waals surface area contributed by atoms with E-state index in [0.29, 0.717) is 5.41 Å². The summed E-state index contributed by atoms with van der Waals surface area (Å²) in [5, 5.41) is 11.1. The number of rotatable bonds is 8. The summed E-state index contributed by atoms with van der Waals surface area (Å²) in [5.74, 6) is 0.971. The number of nitrogens with one attached hydrogen (secondary N) is 2. The zero-order chi connectivity index (χ0) is 16.5. The molecule has 0 saturated heterocycles. The van der Waals surface area contributed by atoms with Crippen LogP contribution in [0.2, 0.25) is 0 Å². The lowest BCUT2D eigenvalue weighted by Crippen LogP contribution is -2.39. The average molecular weight is 319 g/mol. The summed E-state index contributed by atoms with van der Waals surface area (Å²) in [6, 6.07) is 0. The van der Waals surface area contributed by atoms with Crippen molar-refractivity contribution >= 4 is 5.96 Å². The fraction of sp³-hybridized carbons (Fsp3) is 0.778. The summed E-state index contributed by atoms with van der Waals surface area (Å²) < 4.78 is 1.86. The Morgan fingerprint density at radius 3 is 2.70 bits per heavy atom. The SMILES string of the molecule is CCNC(=NCC1(CC)CCCC1)NCCCc1cnn(C)c1. The van der Waals surface area contributed by atoms with E-state index in [2.05, 4.69) is 35.8 Å². The third-order valence-corrected chi connectivity index (χ3v) is 5.02. The molecule has 0 unspecified atom stereocenters. The summed E-state index contributed by atoms with van der Waals surface area (Å²) in [6.45, 7) is 7.25. The fourth-order valence-electron chi connectivity index (χ4n) is 3.44. The van der Waals surface area contributed by atoms with Crippen molar-refractivity contribution in [2.45, 2.75) is 58.8 Å². The van der Waals surface area contributed by atoms with Crippen molar-refractivity contribution < 1.29 is 0 Å². The number of hydrogen-bond donors (Lipinski definition) is 2. The summed E-state index contributed by atoms with van der Waals surface area (Å²) in [7, 11) is 1.96. The van der Waals surface area contributed by atoms with Gasteiger partial charge in [0.05, 0.1) is 6.20 Å². The Kier molecular flexibility index (Phi) is 6.93. The molecule has 0 radical (unpaired) electrons. The van der Waals surface area contributed by atoms with Gasteiger partial charge in [-0.1, -0.05) is 19.8 Å². The molecule has 5 nitrogen and oxygen atoms in total. The number of aliphatic imine (C=N–C) groups is 1. The van der Waals surface area contributed by atoms with E-state index in [1.807, 2.05) is 17.9 Å². The zero-order valence-electron chi connectivity index (χ0n) is 15.1. The lowest BCUT2D eigenvalue weighted by Gasteiger charge is -2.25. The average Bonchev–Trinajstić information content (AvgIpc) is 3.19. The van der Waals surface area contributed by atoms with E-state index in [-0.39, 0.29) is 0 Å². The lowest BCUT2D eigenvalue weighted by atomic mass is 9.84. The lowest BCUT2D eigenvalue weighted by molar-refractivity contribution is 0.297. The second kappa shape index (κ2) is 8.94. The van der Waals surface area contributed by atoms with E-state index in [0.717, 1.165) is 38.4 Å². The van der Waals surface area contributed by atoms with Crippen LogP contribution in [0.1, 0.15) is 57.9 Å². The number of aromatic nitrogens is 2. The summed E-state index contributed by atoms with van der Waals surface area (Å²) in [4.78, 5) is 4.87. The molecule has 1 aliphatic carbocycles. The minimum Gasteiger partial charge on any atom is -0.357 e. The highest BCUT2D eigenvalue weighted by Crippen LogP contribution is 2.41. The molecule has 0 spiro atoms. The van der Waals surface area contributed by atoms with Crippen molar-refractivity contribution in [3.8, 4) is 0 Å². The third kappa shape index (κ3) is 5.56. The van der Waals surface area contributed by atoms with Crippen molar-refractivity contribution in [1.82, 2.24) is 20.4 Å². The molecule has 1 saturated carbocycles. The maximum absolute atomic E-state index is 4.87. The highest BCUT2D eigenvalue weighted by Gasteiger charge is 2.31. The van der Waals surface area contributed by atoms with Gasteiger partial charge in [0.25, 0.3) is 0 Å². The number of aryl methyl sites for hydroxylation is 2. The Morgan fingerprint density at radius 1 is 1.30 bits per heavy atom. The minimum absolute atomic E-state index is 0.456. The molecule has 130 valence electrons. The molecule has 1 fully saturated rings. The van der Waals surface area contributed by atoms with Gasteiger partial charge in [0.2, 0.25) is 0 Å². The predicted octanol–water partition coefficient (Wildman–Crippen LogP) is 2.88. The first-order chi connectivity index (χ1) is 11.2. The van der Waals surface area contributed by atoms with E-state index in [9.17, 15) is 0 Å². The highest BCUT2D eigenvalue weighted by atomic mass is 15.2. The van der Waals surface area contributed by atoms with Crippen molar-refractivity contribution in [2.75, 3.05) is 19.6 Å². The number of nitrogens with zero attached hydrogens (tertiary/aromatic N) is 3. The van der Waals surface area contributed by atoms with Crippen LogP contribution in [0.5, 0.6) is 0 Å². The molecule has 0 aromatic carbocycles. The van der Waals surface area contributed by atoms with E-state index >= 15 is 0 Å². The van der Waals surface area contributed by atoms with Gasteiger partial charge >= 0.3 is 0 Å². The van der Waals surface area contributed by atoms with Crippen molar-refractivity contribution in [3.63, 3.8) is 0 Å². The Morgan fingerprint density at radius 2 is 2.09 bits per heavy atom. The normalized spacial score (nSPS) is 17.4. The second-order valence-corrected chi connectivity index (χ2v) is 6.81. The van der Waals surface area contributed by atoms with E-state index < -0.39 is 0 Å². The quantitative estimate of drug-likeness (QED) is 0.440. The molecule has 1 aliphatic rings. The van der Waals surface area contributed by atoms with Gasteiger partial charge in [0.15, 0.2) is 5.96 Å². The molecular weight excluding hydrogens is 286 g/mol. The van der Waals surface area contributed by atoms with Gasteiger partial charge in [0.1, 0.15) is 0 Å². The van der Waals surface area contributed by atoms with Gasteiger partial charge in [-0.05, 0) is 50.0 Å². The fourth-order valence-corrected chi connectivity index (χ4v) is 3.44. The van der Waals surface area contributed by atoms with Crippen LogP contribution in [0.25, 0.3) is 0 Å². The Balaban J connectivity index is 1.77. The molecule has 1 heterocycles. The van der Waals surface area contributed by atoms with Crippen molar-refractivity contribution in [1.29, 1.82) is 0 Å². The standard InChI is InChI=1S/C18H33N5/c1-4-18(10-6-7-11-18)15-21-17(19-5-2)20-12-8-9-16-13-22-23(3)14-16/h13-14H,4-12,15H2,1-3H3,(H2,19,20,21). The van der Waals surface area contributed by atoms with Gasteiger partial charge in [-0.2, -0.15) is 5.10 Å². The maximum atomic E-state index is 4.87. The second-order valence-electron chi connectivity index (χ2n) is 6.81. The van der Waals surface area contributed by atoms with Crippen LogP contribution >= 0.6 is 0 Å². The van der Waals surface area contributed by atoms with Gasteiger partial charge in [-0.25, -0.2) is 0 Å². The Labute approximate surface area is 141 Å². The van der Waals surface area contributed by atoms with E-state index in [1.165, 1.54) is 37.7 Å². The summed E-state index contributed by atoms with van der Waals surface area (Å²) >= 11 is 0. The van der Waals surface area contributed by atoms with Crippen LogP contribution in [-0.4, -0.2) is 35.4 Å². The molecule has 1 aromatic heterocycles. The van der Waals surface area contributed by atoms with Gasteiger partial charge in [0, 0.05) is 32.9 Å². The van der Waals surface area contributed by atoms with Crippen LogP contribution in [0, 0.1) is 5.41 Å². The number of guanidine groups is 1. The van der Waals surface area contributed by atoms with Crippen molar-refractivity contribution in [3.05, 3.63) is 18.0 Å². The Bertz CT molecular complexity index is 485. The molecule has 0 aliphatic heterocycles. The Hall–Kier alpha value is -1.52. The molecule has 1 aromatic rings. The van der Waals surface area contributed by atoms with Crippen molar-refractivity contribution in [2.24, 2.45) is 17.5 Å². The molecule has 2 rings (SSSR count). The van der Waals surface area contributed by atoms with E-state index in [4.69, 9.17) is 4.99 Å². The van der Waals surface area contributed by atoms with E-state index in [1.54, 1.807) is 0 Å². The molecule has 0 atom stereocenters. The number of hydrogen-bond acceptors (Lipinski definition) is 2. The first kappa shape index (κ1) is 17.8. The summed E-state index contributed by atoms with van der Waals surface area (Å²) in [5.41, 5.74) is 1.75. The van der Waals surface area contributed by atoms with Gasteiger partial charge in [-0.3, -0.25) is 9.67 Å². The maximum Gasteiger partial charge on any atom is 0.191 e. The largest absolute Gasteiger partial charge is 0.357 e. The summed E-state index contributed by atoms with van der Waals surface area (Å²) in [6.07, 6.45) is 12.9. The smallest absolute Gasteiger partial charge is 0.191 e. The third-order valence-electron chi connectivity index (χ3n) is 5.02. The minimum atomic E-state index is 0.456. The van der Waals surface area contributed by atoms with Gasteiger partial charge in [-0.15, -0.1) is 0 Å². The molecular formula is C18H33N5. The molecule has 5 heteroatoms. The van der Waals surface area contributed by atoms with Crippen LogP contribution in [0.15, 0.2) is 17.4 Å². The van der Waals surface area contributed by atoms with Crippen LogP contribution < -0.4 is 10.6 Å². The monoisotopic (exact) mass is 319 g/mol. The zero-order valence-corrected chi connectivity index (χ0v) is 15.1. The molecule has 0 amide bonds. The van der Waals surface area contributed by atoms with Crippen LogP contribution in [-0.2, 0) is 13.5 Å². The predicted molar refractivity (Wildman–Crippen MR) is 96.7 cm³/mol. The molecule has 2 N–H and O–H groups in total. The van der Waals surface area contributed by atoms with Crippen LogP contribution in [0.3, 0.4) is 0 Å².